The lowest BCUT2D eigenvalue weighted by atomic mass is 9.94. The van der Waals surface area contributed by atoms with Gasteiger partial charge in [0.25, 0.3) is 0 Å². The highest BCUT2D eigenvalue weighted by Crippen LogP contribution is 2.32. The fourth-order valence-corrected chi connectivity index (χ4v) is 3.41. The SMILES string of the molecule is CCCc1cccc2c1ccc1c3ccccc3ccc21. The van der Waals surface area contributed by atoms with Crippen molar-refractivity contribution in [2.45, 2.75) is 19.8 Å². The molecule has 0 fully saturated rings. The maximum absolute atomic E-state index is 2.30. The van der Waals surface area contributed by atoms with Gasteiger partial charge in [-0.3, -0.25) is 0 Å². The van der Waals surface area contributed by atoms with Gasteiger partial charge in [0.1, 0.15) is 0 Å². The van der Waals surface area contributed by atoms with E-state index in [-0.39, 0.29) is 0 Å². The molecule has 0 amide bonds. The molecule has 0 aromatic heterocycles. The Balaban J connectivity index is 2.15. The molecule has 0 saturated carbocycles. The van der Waals surface area contributed by atoms with E-state index < -0.39 is 0 Å². The van der Waals surface area contributed by atoms with E-state index in [0.717, 1.165) is 6.42 Å². The van der Waals surface area contributed by atoms with Crippen molar-refractivity contribution in [2.75, 3.05) is 0 Å². The predicted octanol–water partition coefficient (Wildman–Crippen LogP) is 6.10. The van der Waals surface area contributed by atoms with Gasteiger partial charge in [-0.1, -0.05) is 80.1 Å². The molecule has 0 aliphatic carbocycles. The smallest absolute Gasteiger partial charge is 0.00989 e. The van der Waals surface area contributed by atoms with Gasteiger partial charge < -0.3 is 0 Å². The van der Waals surface area contributed by atoms with E-state index in [1.54, 1.807) is 0 Å². The second-order valence-electron chi connectivity index (χ2n) is 5.71. The van der Waals surface area contributed by atoms with Gasteiger partial charge in [-0.15, -0.1) is 0 Å². The Labute approximate surface area is 125 Å². The Morgan fingerprint density at radius 3 is 2.14 bits per heavy atom. The van der Waals surface area contributed by atoms with Gasteiger partial charge in [-0.05, 0) is 44.3 Å². The van der Waals surface area contributed by atoms with Crippen molar-refractivity contribution in [1.29, 1.82) is 0 Å². The predicted molar refractivity (Wildman–Crippen MR) is 93.0 cm³/mol. The first-order valence-corrected chi connectivity index (χ1v) is 7.70. The van der Waals surface area contributed by atoms with E-state index in [4.69, 9.17) is 0 Å². The summed E-state index contributed by atoms with van der Waals surface area (Å²) in [5.41, 5.74) is 1.46. The van der Waals surface area contributed by atoms with Crippen LogP contribution < -0.4 is 0 Å². The first-order chi connectivity index (χ1) is 10.4. The van der Waals surface area contributed by atoms with Crippen molar-refractivity contribution in [3.05, 3.63) is 72.3 Å². The van der Waals surface area contributed by atoms with Gasteiger partial charge in [0.15, 0.2) is 0 Å². The molecule has 0 heteroatoms. The standard InChI is InChI=1S/C21H18/c1-2-6-15-8-5-10-19-18(15)13-14-20-17-9-4-3-7-16(17)11-12-21(19)20/h3-5,7-14H,2,6H2,1H3. The van der Waals surface area contributed by atoms with Gasteiger partial charge in [0.05, 0.1) is 0 Å². The summed E-state index contributed by atoms with van der Waals surface area (Å²) >= 11 is 0. The van der Waals surface area contributed by atoms with Crippen LogP contribution in [0, 0.1) is 0 Å². The Bertz CT molecular complexity index is 948. The van der Waals surface area contributed by atoms with Crippen molar-refractivity contribution in [3.63, 3.8) is 0 Å². The van der Waals surface area contributed by atoms with Gasteiger partial charge in [0, 0.05) is 0 Å². The van der Waals surface area contributed by atoms with Crippen LogP contribution in [-0.4, -0.2) is 0 Å². The molecule has 0 radical (unpaired) electrons. The van der Waals surface area contributed by atoms with Crippen molar-refractivity contribution in [2.24, 2.45) is 0 Å². The van der Waals surface area contributed by atoms with Gasteiger partial charge >= 0.3 is 0 Å². The molecule has 0 saturated heterocycles. The van der Waals surface area contributed by atoms with Crippen LogP contribution in [0.25, 0.3) is 32.3 Å². The molecule has 0 bridgehead atoms. The highest BCUT2D eigenvalue weighted by molar-refractivity contribution is 6.17. The summed E-state index contributed by atoms with van der Waals surface area (Å²) < 4.78 is 0. The lowest BCUT2D eigenvalue weighted by molar-refractivity contribution is 0.930. The van der Waals surface area contributed by atoms with Crippen molar-refractivity contribution >= 4 is 32.3 Å². The van der Waals surface area contributed by atoms with E-state index >= 15 is 0 Å². The highest BCUT2D eigenvalue weighted by Gasteiger charge is 2.06. The summed E-state index contributed by atoms with van der Waals surface area (Å²) in [6.45, 7) is 2.24. The molecule has 21 heavy (non-hydrogen) atoms. The molecule has 0 aliphatic rings. The average molecular weight is 270 g/mol. The summed E-state index contributed by atoms with van der Waals surface area (Å²) in [5.74, 6) is 0. The summed E-state index contributed by atoms with van der Waals surface area (Å²) in [4.78, 5) is 0. The van der Waals surface area contributed by atoms with Crippen LogP contribution in [0.5, 0.6) is 0 Å². The number of fused-ring (bicyclic) bond motifs is 5. The molecule has 4 aromatic rings. The van der Waals surface area contributed by atoms with Crippen LogP contribution in [0.2, 0.25) is 0 Å². The number of benzene rings is 4. The van der Waals surface area contributed by atoms with E-state index in [1.165, 1.54) is 44.3 Å². The zero-order chi connectivity index (χ0) is 14.2. The number of hydrogen-bond donors (Lipinski definition) is 0. The molecule has 4 aromatic carbocycles. The van der Waals surface area contributed by atoms with Gasteiger partial charge in [0.2, 0.25) is 0 Å². The number of rotatable bonds is 2. The molecular formula is C21H18. The Morgan fingerprint density at radius 2 is 1.24 bits per heavy atom. The molecule has 0 atom stereocenters. The average Bonchev–Trinajstić information content (AvgIpc) is 2.55. The third kappa shape index (κ3) is 1.91. The quantitative estimate of drug-likeness (QED) is 0.386. The third-order valence-corrected chi connectivity index (χ3v) is 4.39. The summed E-state index contributed by atoms with van der Waals surface area (Å²) in [7, 11) is 0. The molecule has 0 unspecified atom stereocenters. The summed E-state index contributed by atoms with van der Waals surface area (Å²) in [6, 6.07) is 24.5. The van der Waals surface area contributed by atoms with Crippen LogP contribution >= 0.6 is 0 Å². The van der Waals surface area contributed by atoms with Crippen LogP contribution in [0.15, 0.2) is 66.7 Å². The lowest BCUT2D eigenvalue weighted by Gasteiger charge is -2.10. The summed E-state index contributed by atoms with van der Waals surface area (Å²) in [6.07, 6.45) is 2.34. The second-order valence-corrected chi connectivity index (χ2v) is 5.71. The fraction of sp³-hybridized carbons (Fsp3) is 0.143. The molecule has 0 spiro atoms. The van der Waals surface area contributed by atoms with E-state index in [9.17, 15) is 0 Å². The van der Waals surface area contributed by atoms with E-state index in [2.05, 4.69) is 73.7 Å². The van der Waals surface area contributed by atoms with Gasteiger partial charge in [-0.2, -0.15) is 0 Å². The van der Waals surface area contributed by atoms with E-state index in [0.29, 0.717) is 0 Å². The minimum atomic E-state index is 1.15. The second kappa shape index (κ2) is 4.89. The highest BCUT2D eigenvalue weighted by atomic mass is 14.1. The van der Waals surface area contributed by atoms with Crippen LogP contribution in [0.3, 0.4) is 0 Å². The molecule has 4 rings (SSSR count). The topological polar surface area (TPSA) is 0 Å². The number of aryl methyl sites for hydroxylation is 1. The van der Waals surface area contributed by atoms with Crippen LogP contribution in [0.1, 0.15) is 18.9 Å². The molecular weight excluding hydrogens is 252 g/mol. The molecule has 0 heterocycles. The third-order valence-electron chi connectivity index (χ3n) is 4.39. The Hall–Kier alpha value is -2.34. The molecule has 0 aliphatic heterocycles. The summed E-state index contributed by atoms with van der Waals surface area (Å²) in [5, 5.41) is 8.16. The molecule has 102 valence electrons. The van der Waals surface area contributed by atoms with Crippen LogP contribution in [0.4, 0.5) is 0 Å². The maximum atomic E-state index is 2.30. The van der Waals surface area contributed by atoms with Gasteiger partial charge in [-0.25, -0.2) is 0 Å². The first kappa shape index (κ1) is 12.4. The van der Waals surface area contributed by atoms with Crippen molar-refractivity contribution < 1.29 is 0 Å². The maximum Gasteiger partial charge on any atom is -0.00989 e. The van der Waals surface area contributed by atoms with Crippen molar-refractivity contribution in [3.8, 4) is 0 Å². The largest absolute Gasteiger partial charge is 0.0651 e. The zero-order valence-corrected chi connectivity index (χ0v) is 12.3. The minimum absolute atomic E-state index is 1.15. The lowest BCUT2D eigenvalue weighted by Crippen LogP contribution is -1.87. The van der Waals surface area contributed by atoms with Crippen LogP contribution in [-0.2, 0) is 6.42 Å². The minimum Gasteiger partial charge on any atom is -0.0651 e. The Morgan fingerprint density at radius 1 is 0.571 bits per heavy atom. The molecule has 0 nitrogen and oxygen atoms in total. The number of hydrogen-bond acceptors (Lipinski definition) is 0. The van der Waals surface area contributed by atoms with Crippen molar-refractivity contribution in [1.82, 2.24) is 0 Å². The molecule has 0 N–H and O–H groups in total. The monoisotopic (exact) mass is 270 g/mol. The first-order valence-electron chi connectivity index (χ1n) is 7.70. The zero-order valence-electron chi connectivity index (χ0n) is 12.3. The normalized spacial score (nSPS) is 11.5. The Kier molecular flexibility index (Phi) is 2.89. The van der Waals surface area contributed by atoms with E-state index in [1.807, 2.05) is 0 Å². The fourth-order valence-electron chi connectivity index (χ4n) is 3.41.